The molecule has 2 heterocycles. The molecule has 0 radical (unpaired) electrons. The molecule has 7 aromatic carbocycles. The van der Waals surface area contributed by atoms with Gasteiger partial charge in [0.25, 0.3) is 0 Å². The fraction of sp³-hybridized carbons (Fsp3) is 0. The molecule has 9 aromatic rings. The van der Waals surface area contributed by atoms with Gasteiger partial charge in [-0.05, 0) is 39.1 Å². The molecule has 4 heteroatoms. The van der Waals surface area contributed by atoms with E-state index in [0.29, 0.717) is 17.5 Å². The fourth-order valence-corrected chi connectivity index (χ4v) is 6.26. The molecule has 0 unspecified atom stereocenters. The lowest BCUT2D eigenvalue weighted by atomic mass is 9.91. The maximum Gasteiger partial charge on any atom is 0.164 e. The van der Waals surface area contributed by atoms with Crippen molar-refractivity contribution in [3.05, 3.63) is 127 Å². The number of fused-ring (bicyclic) bond motifs is 5. The van der Waals surface area contributed by atoms with Gasteiger partial charge in [-0.25, -0.2) is 15.0 Å². The van der Waals surface area contributed by atoms with Gasteiger partial charge in [-0.3, -0.25) is 0 Å². The van der Waals surface area contributed by atoms with Crippen molar-refractivity contribution in [1.82, 2.24) is 15.0 Å². The molecule has 0 atom stereocenters. The first-order chi connectivity index (χ1) is 20.3. The summed E-state index contributed by atoms with van der Waals surface area (Å²) in [6.07, 6.45) is 0. The van der Waals surface area contributed by atoms with Crippen LogP contribution in [0.25, 0.3) is 88.4 Å². The van der Waals surface area contributed by atoms with E-state index in [9.17, 15) is 0 Å². The molecule has 41 heavy (non-hydrogen) atoms. The van der Waals surface area contributed by atoms with E-state index >= 15 is 0 Å². The Morgan fingerprint density at radius 3 is 1.71 bits per heavy atom. The standard InChI is InChI=1S/C37H21N3O/c1-3-11-22(12-4-1)35-38-36(23-13-5-2-6-14-23)40-37(39-35)28-19-9-15-24-21-29-26-17-8-7-16-25(26)27-18-10-20-30-32(27)33(29)34(41-30)31(24)28/h1-21H. The number of benzene rings is 7. The Kier molecular flexibility index (Phi) is 4.58. The predicted octanol–water partition coefficient (Wildman–Crippen LogP) is 9.67. The van der Waals surface area contributed by atoms with E-state index in [1.54, 1.807) is 0 Å². The normalized spacial score (nSPS) is 11.9. The second-order valence-electron chi connectivity index (χ2n) is 10.4. The third-order valence-corrected chi connectivity index (χ3v) is 8.06. The van der Waals surface area contributed by atoms with Gasteiger partial charge in [-0.1, -0.05) is 115 Å². The van der Waals surface area contributed by atoms with Crippen LogP contribution in [0.15, 0.2) is 132 Å². The van der Waals surface area contributed by atoms with Gasteiger partial charge in [0.15, 0.2) is 17.5 Å². The van der Waals surface area contributed by atoms with Crippen LogP contribution in [0.2, 0.25) is 0 Å². The van der Waals surface area contributed by atoms with Gasteiger partial charge in [-0.15, -0.1) is 0 Å². The Morgan fingerprint density at radius 2 is 1.00 bits per heavy atom. The van der Waals surface area contributed by atoms with E-state index in [1.807, 2.05) is 60.7 Å². The Bertz CT molecular complexity index is 2350. The molecule has 0 aliphatic rings. The van der Waals surface area contributed by atoms with Gasteiger partial charge in [0.2, 0.25) is 0 Å². The predicted molar refractivity (Wildman–Crippen MR) is 167 cm³/mol. The quantitative estimate of drug-likeness (QED) is 0.171. The van der Waals surface area contributed by atoms with Crippen molar-refractivity contribution in [3.8, 4) is 34.2 Å². The van der Waals surface area contributed by atoms with Crippen molar-refractivity contribution in [2.45, 2.75) is 0 Å². The number of furan rings is 1. The smallest absolute Gasteiger partial charge is 0.164 e. The first-order valence-electron chi connectivity index (χ1n) is 13.7. The molecule has 0 fully saturated rings. The maximum absolute atomic E-state index is 6.72. The average Bonchev–Trinajstić information content (AvgIpc) is 3.45. The third kappa shape index (κ3) is 3.25. The van der Waals surface area contributed by atoms with Crippen molar-refractivity contribution < 1.29 is 4.42 Å². The van der Waals surface area contributed by atoms with Gasteiger partial charge in [0.05, 0.1) is 0 Å². The zero-order chi connectivity index (χ0) is 26.9. The van der Waals surface area contributed by atoms with Crippen LogP contribution in [-0.4, -0.2) is 15.0 Å². The molecule has 0 amide bonds. The third-order valence-electron chi connectivity index (χ3n) is 8.06. The average molecular weight is 524 g/mol. The molecule has 0 saturated heterocycles. The fourth-order valence-electron chi connectivity index (χ4n) is 6.26. The molecule has 0 saturated carbocycles. The zero-order valence-electron chi connectivity index (χ0n) is 21.9. The Labute approximate surface area is 234 Å². The van der Waals surface area contributed by atoms with Crippen LogP contribution in [0.5, 0.6) is 0 Å². The molecular formula is C37H21N3O. The summed E-state index contributed by atoms with van der Waals surface area (Å²) >= 11 is 0. The summed E-state index contributed by atoms with van der Waals surface area (Å²) in [6.45, 7) is 0. The highest BCUT2D eigenvalue weighted by atomic mass is 16.3. The zero-order valence-corrected chi connectivity index (χ0v) is 21.9. The molecule has 0 aliphatic heterocycles. The minimum Gasteiger partial charge on any atom is -0.455 e. The maximum atomic E-state index is 6.72. The number of hydrogen-bond acceptors (Lipinski definition) is 4. The molecule has 4 nitrogen and oxygen atoms in total. The van der Waals surface area contributed by atoms with E-state index in [-0.39, 0.29) is 0 Å². The van der Waals surface area contributed by atoms with Crippen molar-refractivity contribution in [2.75, 3.05) is 0 Å². The van der Waals surface area contributed by atoms with E-state index in [2.05, 4.69) is 66.7 Å². The molecule has 0 spiro atoms. The Morgan fingerprint density at radius 1 is 0.415 bits per heavy atom. The lowest BCUT2D eigenvalue weighted by molar-refractivity contribution is 0.673. The molecule has 0 aliphatic carbocycles. The van der Waals surface area contributed by atoms with E-state index in [0.717, 1.165) is 44.0 Å². The summed E-state index contributed by atoms with van der Waals surface area (Å²) in [4.78, 5) is 15.0. The summed E-state index contributed by atoms with van der Waals surface area (Å²) in [5, 5.41) is 9.28. The van der Waals surface area contributed by atoms with Crippen LogP contribution in [0, 0.1) is 0 Å². The van der Waals surface area contributed by atoms with Crippen LogP contribution < -0.4 is 0 Å². The van der Waals surface area contributed by atoms with Gasteiger partial charge < -0.3 is 4.42 Å². The van der Waals surface area contributed by atoms with Crippen molar-refractivity contribution >= 4 is 54.3 Å². The van der Waals surface area contributed by atoms with Crippen LogP contribution >= 0.6 is 0 Å². The van der Waals surface area contributed by atoms with Crippen molar-refractivity contribution in [2.24, 2.45) is 0 Å². The second-order valence-corrected chi connectivity index (χ2v) is 10.4. The molecule has 0 N–H and O–H groups in total. The van der Waals surface area contributed by atoms with Gasteiger partial charge in [-0.2, -0.15) is 0 Å². The van der Waals surface area contributed by atoms with Crippen LogP contribution in [0.4, 0.5) is 0 Å². The highest BCUT2D eigenvalue weighted by Gasteiger charge is 2.22. The first-order valence-corrected chi connectivity index (χ1v) is 13.7. The van der Waals surface area contributed by atoms with Crippen LogP contribution in [0.3, 0.4) is 0 Å². The van der Waals surface area contributed by atoms with Gasteiger partial charge in [0, 0.05) is 32.8 Å². The number of nitrogens with zero attached hydrogens (tertiary/aromatic N) is 3. The highest BCUT2D eigenvalue weighted by Crippen LogP contribution is 2.46. The minimum atomic E-state index is 0.621. The second kappa shape index (κ2) is 8.44. The summed E-state index contributed by atoms with van der Waals surface area (Å²) in [7, 11) is 0. The van der Waals surface area contributed by atoms with E-state index in [1.165, 1.54) is 26.9 Å². The van der Waals surface area contributed by atoms with Crippen molar-refractivity contribution in [3.63, 3.8) is 0 Å². The summed E-state index contributed by atoms with van der Waals surface area (Å²) in [5.41, 5.74) is 4.57. The summed E-state index contributed by atoms with van der Waals surface area (Å²) < 4.78 is 6.72. The van der Waals surface area contributed by atoms with Gasteiger partial charge in [0.1, 0.15) is 11.2 Å². The largest absolute Gasteiger partial charge is 0.455 e. The lowest BCUT2D eigenvalue weighted by Gasteiger charge is -2.12. The Balaban J connectivity index is 1.41. The number of aromatic nitrogens is 3. The van der Waals surface area contributed by atoms with E-state index < -0.39 is 0 Å². The summed E-state index contributed by atoms with van der Waals surface area (Å²) in [6, 6.07) is 43.7. The lowest BCUT2D eigenvalue weighted by Crippen LogP contribution is -2.00. The summed E-state index contributed by atoms with van der Waals surface area (Å²) in [5.74, 6) is 1.90. The van der Waals surface area contributed by atoms with Crippen LogP contribution in [0.1, 0.15) is 0 Å². The molecule has 2 aromatic heterocycles. The first kappa shape index (κ1) is 22.2. The Hall–Kier alpha value is -5.61. The SMILES string of the molecule is c1ccc(-c2nc(-c3ccccc3)nc(-c3cccc4cc5c6ccccc6c6cccc7oc(c34)c5c76)n2)cc1. The minimum absolute atomic E-state index is 0.621. The van der Waals surface area contributed by atoms with Gasteiger partial charge >= 0.3 is 0 Å². The molecule has 9 rings (SSSR count). The van der Waals surface area contributed by atoms with E-state index in [4.69, 9.17) is 19.4 Å². The number of rotatable bonds is 3. The monoisotopic (exact) mass is 523 g/mol. The number of hydrogen-bond donors (Lipinski definition) is 0. The molecular weight excluding hydrogens is 502 g/mol. The molecule has 0 bridgehead atoms. The van der Waals surface area contributed by atoms with Crippen LogP contribution in [-0.2, 0) is 0 Å². The highest BCUT2D eigenvalue weighted by molar-refractivity contribution is 6.37. The van der Waals surface area contributed by atoms with Crippen molar-refractivity contribution in [1.29, 1.82) is 0 Å². The molecule has 190 valence electrons. The topological polar surface area (TPSA) is 51.8 Å².